The molecule has 15 heteroatoms. The molecule has 3 aromatic rings. The van der Waals surface area contributed by atoms with Gasteiger partial charge in [0.1, 0.15) is 4.90 Å². The Labute approximate surface area is 222 Å². The molecule has 1 unspecified atom stereocenters. The van der Waals surface area contributed by atoms with Gasteiger partial charge in [0.2, 0.25) is 0 Å². The van der Waals surface area contributed by atoms with Gasteiger partial charge in [-0.15, -0.1) is 0 Å². The smallest absolute Gasteiger partial charge is 0.282 e. The summed E-state index contributed by atoms with van der Waals surface area (Å²) in [5.41, 5.74) is 0.760. The van der Waals surface area contributed by atoms with Gasteiger partial charge in [-0.25, -0.2) is 8.42 Å². The summed E-state index contributed by atoms with van der Waals surface area (Å²) in [6.45, 7) is 1.54. The Kier molecular flexibility index (Phi) is 7.35. The number of nitrogens with zero attached hydrogens (tertiary/aromatic N) is 4. The molecule has 2 N–H and O–H groups in total. The Morgan fingerprint density at radius 2 is 1.68 bits per heavy atom. The maximum Gasteiger partial charge on any atom is 0.296 e. The summed E-state index contributed by atoms with van der Waals surface area (Å²) in [5.74, 6) is -0.639. The molecule has 1 atom stereocenters. The fourth-order valence-electron chi connectivity index (χ4n) is 3.31. The van der Waals surface area contributed by atoms with Gasteiger partial charge in [0.05, 0.1) is 37.7 Å². The molecule has 192 valence electrons. The molecule has 1 aliphatic rings. The highest BCUT2D eigenvalue weighted by atomic mass is 35.5. The predicted octanol–water partition coefficient (Wildman–Crippen LogP) is 4.92. The van der Waals surface area contributed by atoms with E-state index in [0.29, 0.717) is 0 Å². The van der Waals surface area contributed by atoms with Crippen molar-refractivity contribution < 1.29 is 26.2 Å². The molecule has 0 radical (unpaired) electrons. The van der Waals surface area contributed by atoms with Crippen LogP contribution in [0.25, 0.3) is 0 Å². The fraction of sp³-hybridized carbons (Fsp3) is 0.0909. The molecule has 0 spiro atoms. The number of halogens is 2. The monoisotopic (exact) mass is 581 g/mol. The van der Waals surface area contributed by atoms with E-state index in [1.165, 1.54) is 31.2 Å². The maximum absolute atomic E-state index is 13.0. The van der Waals surface area contributed by atoms with Crippen LogP contribution in [0.5, 0.6) is 0 Å². The van der Waals surface area contributed by atoms with Gasteiger partial charge >= 0.3 is 0 Å². The largest absolute Gasteiger partial charge is 0.296 e. The molecule has 0 saturated heterocycles. The Morgan fingerprint density at radius 1 is 0.973 bits per heavy atom. The number of carbonyl (C=O) groups excluding carboxylic acids is 1. The number of rotatable bonds is 7. The number of hydrazone groups is 1. The predicted molar refractivity (Wildman–Crippen MR) is 139 cm³/mol. The summed E-state index contributed by atoms with van der Waals surface area (Å²) in [7, 11) is -8.45. The number of sulfonamides is 1. The molecule has 37 heavy (non-hydrogen) atoms. The topological polar surface area (TPSA) is 158 Å². The van der Waals surface area contributed by atoms with Crippen molar-refractivity contribution in [1.82, 2.24) is 0 Å². The van der Waals surface area contributed by atoms with Crippen LogP contribution < -0.4 is 9.73 Å². The second-order valence-electron chi connectivity index (χ2n) is 7.69. The molecule has 4 rings (SSSR count). The number of nitrogens with one attached hydrogen (secondary N) is 1. The van der Waals surface area contributed by atoms with Gasteiger partial charge in [0.15, 0.2) is 6.04 Å². The van der Waals surface area contributed by atoms with Gasteiger partial charge in [-0.05, 0) is 49.4 Å². The quantitative estimate of drug-likeness (QED) is 0.297. The third kappa shape index (κ3) is 5.81. The summed E-state index contributed by atoms with van der Waals surface area (Å²) in [6.07, 6.45) is 0. The van der Waals surface area contributed by atoms with E-state index in [1.807, 2.05) is 0 Å². The van der Waals surface area contributed by atoms with Crippen molar-refractivity contribution in [2.45, 2.75) is 22.8 Å². The van der Waals surface area contributed by atoms with Crippen molar-refractivity contribution in [2.75, 3.05) is 9.73 Å². The second kappa shape index (κ2) is 10.2. The van der Waals surface area contributed by atoms with Crippen LogP contribution in [0.4, 0.5) is 17.1 Å². The highest BCUT2D eigenvalue weighted by molar-refractivity contribution is 7.92. The van der Waals surface area contributed by atoms with Crippen molar-refractivity contribution in [3.63, 3.8) is 0 Å². The summed E-state index contributed by atoms with van der Waals surface area (Å²) in [6, 6.07) is 14.8. The molecule has 0 saturated carbocycles. The Morgan fingerprint density at radius 3 is 2.35 bits per heavy atom. The molecule has 0 fully saturated rings. The standard InChI is InChI=1S/C22H17Cl2N5O6S2/c1-13-21(22(30)29(27-13)19-11-18(24)20(12-17(19)23)37(33,34)35)26-25-14-6-5-7-15(10-14)28-36(31,32)16-8-3-2-4-9-16/h2-12,21,28H,1H3,(H,33,34,35). The van der Waals surface area contributed by atoms with Crippen LogP contribution in [0.3, 0.4) is 0 Å². The number of anilines is 2. The van der Waals surface area contributed by atoms with Crippen molar-refractivity contribution in [2.24, 2.45) is 15.3 Å². The highest BCUT2D eigenvalue weighted by Crippen LogP contribution is 2.36. The lowest BCUT2D eigenvalue weighted by Gasteiger charge is -2.15. The van der Waals surface area contributed by atoms with Gasteiger partial charge in [0, 0.05) is 0 Å². The van der Waals surface area contributed by atoms with E-state index >= 15 is 0 Å². The second-order valence-corrected chi connectivity index (χ2v) is 11.6. The molecular formula is C22H17Cl2N5O6S2. The van der Waals surface area contributed by atoms with Crippen LogP contribution in [0.2, 0.25) is 10.0 Å². The average Bonchev–Trinajstić information content (AvgIpc) is 3.11. The molecule has 0 aromatic heterocycles. The first-order valence-electron chi connectivity index (χ1n) is 10.3. The van der Waals surface area contributed by atoms with Gasteiger partial charge in [-0.3, -0.25) is 14.1 Å². The van der Waals surface area contributed by atoms with Gasteiger partial charge in [-0.1, -0.05) is 47.5 Å². The van der Waals surface area contributed by atoms with Crippen molar-refractivity contribution >= 4 is 72.0 Å². The minimum absolute atomic E-state index is 0.0153. The van der Waals surface area contributed by atoms with Crippen LogP contribution in [0, 0.1) is 0 Å². The van der Waals surface area contributed by atoms with E-state index < -0.39 is 37.0 Å². The summed E-state index contributed by atoms with van der Waals surface area (Å²) < 4.78 is 59.7. The van der Waals surface area contributed by atoms with Crippen LogP contribution in [-0.4, -0.2) is 39.0 Å². The zero-order valence-electron chi connectivity index (χ0n) is 18.8. The van der Waals surface area contributed by atoms with Crippen LogP contribution in [0.1, 0.15) is 6.92 Å². The first kappa shape index (κ1) is 26.7. The van der Waals surface area contributed by atoms with E-state index in [1.54, 1.807) is 30.3 Å². The first-order valence-corrected chi connectivity index (χ1v) is 14.0. The number of hydrogen-bond donors (Lipinski definition) is 2. The van der Waals surface area contributed by atoms with E-state index in [2.05, 4.69) is 20.1 Å². The minimum atomic E-state index is -4.63. The highest BCUT2D eigenvalue weighted by Gasteiger charge is 2.36. The number of benzene rings is 3. The molecule has 0 aliphatic carbocycles. The number of azo groups is 1. The lowest BCUT2D eigenvalue weighted by Crippen LogP contribution is -2.30. The minimum Gasteiger partial charge on any atom is -0.282 e. The van der Waals surface area contributed by atoms with Crippen molar-refractivity contribution in [3.8, 4) is 0 Å². The van der Waals surface area contributed by atoms with Crippen molar-refractivity contribution in [1.29, 1.82) is 0 Å². The van der Waals surface area contributed by atoms with Crippen molar-refractivity contribution in [3.05, 3.63) is 76.8 Å². The third-order valence-corrected chi connectivity index (χ3v) is 8.06. The lowest BCUT2D eigenvalue weighted by atomic mass is 10.2. The molecule has 1 aliphatic heterocycles. The Balaban J connectivity index is 1.54. The van der Waals surface area contributed by atoms with Crippen LogP contribution in [0.15, 0.2) is 91.9 Å². The average molecular weight is 582 g/mol. The van der Waals surface area contributed by atoms with E-state index in [-0.39, 0.29) is 37.7 Å². The molecule has 0 bridgehead atoms. The van der Waals surface area contributed by atoms with Gasteiger partial charge in [-0.2, -0.15) is 28.8 Å². The fourth-order valence-corrected chi connectivity index (χ4v) is 5.71. The molecular weight excluding hydrogens is 565 g/mol. The molecule has 1 heterocycles. The lowest BCUT2D eigenvalue weighted by molar-refractivity contribution is -0.117. The number of amides is 1. The van der Waals surface area contributed by atoms with E-state index in [4.69, 9.17) is 23.2 Å². The normalized spacial score (nSPS) is 16.3. The number of hydrogen-bond acceptors (Lipinski definition) is 8. The van der Waals surface area contributed by atoms with Gasteiger partial charge < -0.3 is 0 Å². The summed E-state index contributed by atoms with van der Waals surface area (Å²) in [5, 5.41) is 12.6. The molecule has 1 amide bonds. The third-order valence-electron chi connectivity index (χ3n) is 5.04. The van der Waals surface area contributed by atoms with Crippen LogP contribution >= 0.6 is 23.2 Å². The Hall–Kier alpha value is -3.36. The summed E-state index contributed by atoms with van der Waals surface area (Å²) in [4.78, 5) is 12.5. The SMILES string of the molecule is CC1=NN(c2cc(Cl)c(S(=O)(=O)O)cc2Cl)C(=O)C1N=Nc1cccc(NS(=O)(=O)c2ccccc2)c1. The van der Waals surface area contributed by atoms with Crippen LogP contribution in [-0.2, 0) is 24.9 Å². The first-order chi connectivity index (χ1) is 17.4. The Bertz CT molecular complexity index is 1660. The zero-order valence-corrected chi connectivity index (χ0v) is 21.9. The van der Waals surface area contributed by atoms with E-state index in [9.17, 15) is 26.2 Å². The zero-order chi connectivity index (χ0) is 27.0. The van der Waals surface area contributed by atoms with Gasteiger partial charge in [0.25, 0.3) is 26.0 Å². The maximum atomic E-state index is 13.0. The number of carbonyl (C=O) groups is 1. The van der Waals surface area contributed by atoms with E-state index in [0.717, 1.165) is 17.1 Å². The molecule has 11 nitrogen and oxygen atoms in total. The molecule has 3 aromatic carbocycles. The summed E-state index contributed by atoms with van der Waals surface area (Å²) >= 11 is 12.1.